The van der Waals surface area contributed by atoms with Crippen molar-refractivity contribution in [2.24, 2.45) is 0 Å². The number of benzene rings is 2. The van der Waals surface area contributed by atoms with Crippen molar-refractivity contribution in [3.8, 4) is 11.5 Å². The van der Waals surface area contributed by atoms with Crippen LogP contribution in [0.1, 0.15) is 5.56 Å². The molecule has 1 N–H and O–H groups in total. The van der Waals surface area contributed by atoms with Gasteiger partial charge in [0.1, 0.15) is 11.5 Å². The van der Waals surface area contributed by atoms with Crippen LogP contribution in [0.15, 0.2) is 76.9 Å². The van der Waals surface area contributed by atoms with E-state index in [9.17, 15) is 4.79 Å². The Morgan fingerprint density at radius 2 is 1.84 bits per heavy atom. The smallest absolute Gasteiger partial charge is 0.316 e. The van der Waals surface area contributed by atoms with Crippen molar-refractivity contribution in [2.45, 2.75) is 10.9 Å². The number of halogens is 1. The summed E-state index contributed by atoms with van der Waals surface area (Å²) in [5.41, 5.74) is 1.18. The van der Waals surface area contributed by atoms with Crippen molar-refractivity contribution in [1.82, 2.24) is 19.5 Å². The van der Waals surface area contributed by atoms with Gasteiger partial charge in [0.2, 0.25) is 11.0 Å². The molecule has 0 aliphatic heterocycles. The molecule has 0 atom stereocenters. The predicted octanol–water partition coefficient (Wildman–Crippen LogP) is 4.46. The van der Waals surface area contributed by atoms with Crippen LogP contribution in [-0.4, -0.2) is 33.8 Å². The molecule has 0 aliphatic carbocycles. The van der Waals surface area contributed by atoms with Crippen molar-refractivity contribution in [2.75, 3.05) is 19.5 Å². The predicted molar refractivity (Wildman–Crippen MR) is 125 cm³/mol. The zero-order chi connectivity index (χ0) is 22.5. The van der Waals surface area contributed by atoms with Crippen LogP contribution in [0.25, 0.3) is 0 Å². The molecule has 4 rings (SSSR count). The quantitative estimate of drug-likeness (QED) is 0.381. The monoisotopic (exact) mass is 469 g/mol. The lowest BCUT2D eigenvalue weighted by atomic mass is 10.2. The van der Waals surface area contributed by atoms with Crippen molar-refractivity contribution in [3.05, 3.63) is 87.9 Å². The Hall–Kier alpha value is -3.43. The maximum atomic E-state index is 13.4. The van der Waals surface area contributed by atoms with Crippen molar-refractivity contribution < 1.29 is 9.47 Å². The molecule has 2 heterocycles. The van der Waals surface area contributed by atoms with Gasteiger partial charge in [0.15, 0.2) is 0 Å². The van der Waals surface area contributed by atoms with Crippen molar-refractivity contribution in [1.29, 1.82) is 0 Å². The Morgan fingerprint density at radius 1 is 1.03 bits per heavy atom. The molecule has 164 valence electrons. The van der Waals surface area contributed by atoms with Gasteiger partial charge in [-0.15, -0.1) is 10.2 Å². The molecule has 2 aromatic carbocycles. The Kier molecular flexibility index (Phi) is 6.67. The maximum Gasteiger partial charge on any atom is 0.316 e. The first kappa shape index (κ1) is 21.8. The normalized spacial score (nSPS) is 10.7. The summed E-state index contributed by atoms with van der Waals surface area (Å²) in [4.78, 5) is 13.4. The number of nitrogens with zero attached hydrogens (tertiary/aromatic N) is 4. The minimum atomic E-state index is -0.369. The number of hydrogen-bond donors (Lipinski definition) is 1. The fourth-order valence-corrected chi connectivity index (χ4v) is 4.06. The highest BCUT2D eigenvalue weighted by Crippen LogP contribution is 2.29. The van der Waals surface area contributed by atoms with E-state index in [1.807, 2.05) is 36.4 Å². The zero-order valence-corrected chi connectivity index (χ0v) is 18.9. The highest BCUT2D eigenvalue weighted by molar-refractivity contribution is 7.98. The summed E-state index contributed by atoms with van der Waals surface area (Å²) in [6.07, 6.45) is 3.53. The third-order valence-corrected chi connectivity index (χ3v) is 5.77. The van der Waals surface area contributed by atoms with Crippen LogP contribution < -0.4 is 20.3 Å². The van der Waals surface area contributed by atoms with Crippen LogP contribution in [0.5, 0.6) is 11.5 Å². The van der Waals surface area contributed by atoms with Gasteiger partial charge in [0, 0.05) is 23.2 Å². The summed E-state index contributed by atoms with van der Waals surface area (Å²) < 4.78 is 13.7. The molecule has 0 saturated heterocycles. The van der Waals surface area contributed by atoms with Gasteiger partial charge in [0.05, 0.1) is 19.9 Å². The molecule has 0 bridgehead atoms. The van der Waals surface area contributed by atoms with E-state index < -0.39 is 0 Å². The lowest BCUT2D eigenvalue weighted by Gasteiger charge is -2.15. The first-order valence-corrected chi connectivity index (χ1v) is 10.9. The number of methoxy groups -OCH3 is 2. The second-order valence-corrected chi connectivity index (χ2v) is 8.00. The van der Waals surface area contributed by atoms with Gasteiger partial charge in [0.25, 0.3) is 0 Å². The van der Waals surface area contributed by atoms with Crippen LogP contribution >= 0.6 is 23.4 Å². The van der Waals surface area contributed by atoms with Crippen LogP contribution in [0.4, 0.5) is 11.5 Å². The first-order valence-electron chi connectivity index (χ1n) is 9.58. The van der Waals surface area contributed by atoms with Gasteiger partial charge < -0.3 is 14.8 Å². The third-order valence-electron chi connectivity index (χ3n) is 4.55. The van der Waals surface area contributed by atoms with E-state index in [1.54, 1.807) is 42.4 Å². The van der Waals surface area contributed by atoms with E-state index in [1.165, 1.54) is 23.5 Å². The highest BCUT2D eigenvalue weighted by atomic mass is 35.5. The van der Waals surface area contributed by atoms with E-state index >= 15 is 0 Å². The number of ether oxygens (including phenoxy) is 2. The summed E-state index contributed by atoms with van der Waals surface area (Å²) >= 11 is 7.50. The van der Waals surface area contributed by atoms with Crippen LogP contribution in [0, 0.1) is 0 Å². The molecule has 32 heavy (non-hydrogen) atoms. The summed E-state index contributed by atoms with van der Waals surface area (Å²) in [5, 5.41) is 12.4. The van der Waals surface area contributed by atoms with Gasteiger partial charge in [-0.05, 0) is 48.0 Å². The Labute approximate surface area is 193 Å². The molecular formula is C22H20ClN5O3S. The van der Waals surface area contributed by atoms with E-state index in [-0.39, 0.29) is 11.4 Å². The minimum absolute atomic E-state index is 0.0463. The molecule has 0 fully saturated rings. The first-order chi connectivity index (χ1) is 15.6. The molecule has 0 saturated carbocycles. The van der Waals surface area contributed by atoms with Gasteiger partial charge in [-0.1, -0.05) is 35.5 Å². The second kappa shape index (κ2) is 9.80. The molecule has 0 aliphatic rings. The minimum Gasteiger partial charge on any atom is -0.497 e. The average molecular weight is 470 g/mol. The molecule has 4 aromatic rings. The number of aromatic nitrogens is 4. The van der Waals surface area contributed by atoms with Gasteiger partial charge in [-0.25, -0.2) is 0 Å². The molecule has 0 radical (unpaired) electrons. The number of hydrogen-bond acceptors (Lipinski definition) is 7. The number of anilines is 2. The summed E-state index contributed by atoms with van der Waals surface area (Å²) in [6.45, 7) is 0. The van der Waals surface area contributed by atoms with Crippen LogP contribution in [-0.2, 0) is 5.75 Å². The molecule has 2 aromatic heterocycles. The summed E-state index contributed by atoms with van der Waals surface area (Å²) in [5.74, 6) is 1.93. The van der Waals surface area contributed by atoms with E-state index in [4.69, 9.17) is 21.1 Å². The zero-order valence-electron chi connectivity index (χ0n) is 17.4. The Morgan fingerprint density at radius 3 is 2.59 bits per heavy atom. The SMILES string of the molecule is COc1cccc(CSc2nnc(Nc3cc(Cl)ccc3OC)c(=O)n2-n2cccc2)c1. The third kappa shape index (κ3) is 4.74. The fraction of sp³-hybridized carbons (Fsp3) is 0.136. The lowest BCUT2D eigenvalue weighted by Crippen LogP contribution is -2.30. The van der Waals surface area contributed by atoms with Crippen LogP contribution in [0.3, 0.4) is 0 Å². The average Bonchev–Trinajstić information content (AvgIpc) is 3.34. The second-order valence-electron chi connectivity index (χ2n) is 6.62. The largest absolute Gasteiger partial charge is 0.497 e. The van der Waals surface area contributed by atoms with Crippen LogP contribution in [0.2, 0.25) is 5.02 Å². The Balaban J connectivity index is 1.69. The van der Waals surface area contributed by atoms with Gasteiger partial charge in [-0.2, -0.15) is 4.68 Å². The molecule has 0 amide bonds. The summed E-state index contributed by atoms with van der Waals surface area (Å²) in [7, 11) is 3.17. The van der Waals surface area contributed by atoms with E-state index in [0.29, 0.717) is 27.4 Å². The lowest BCUT2D eigenvalue weighted by molar-refractivity contribution is 0.414. The number of thioether (sulfide) groups is 1. The number of rotatable bonds is 8. The topological polar surface area (TPSA) is 83.2 Å². The van der Waals surface area contributed by atoms with Crippen molar-refractivity contribution >= 4 is 34.9 Å². The molecule has 8 nitrogen and oxygen atoms in total. The van der Waals surface area contributed by atoms with E-state index in [2.05, 4.69) is 15.5 Å². The van der Waals surface area contributed by atoms with Crippen molar-refractivity contribution in [3.63, 3.8) is 0 Å². The molecule has 10 heteroatoms. The molecule has 0 unspecified atom stereocenters. The van der Waals surface area contributed by atoms with Gasteiger partial charge in [-0.3, -0.25) is 9.47 Å². The number of nitrogens with one attached hydrogen (secondary N) is 1. The van der Waals surface area contributed by atoms with E-state index in [0.717, 1.165) is 11.3 Å². The fourth-order valence-electron chi connectivity index (χ4n) is 3.01. The standard InChI is InChI=1S/C22H20ClN5O3S/c1-30-17-7-5-6-15(12-17)14-32-22-26-25-20(21(29)28(22)27-10-3-4-11-27)24-18-13-16(23)8-9-19(18)31-2/h3-13H,14H2,1-2H3,(H,24,25). The Bertz CT molecular complexity index is 1280. The highest BCUT2D eigenvalue weighted by Gasteiger charge is 2.16. The summed E-state index contributed by atoms with van der Waals surface area (Å²) in [6, 6.07) is 16.5. The molecule has 0 spiro atoms. The maximum absolute atomic E-state index is 13.4. The van der Waals surface area contributed by atoms with Gasteiger partial charge >= 0.3 is 5.56 Å². The molecular weight excluding hydrogens is 450 g/mol.